The van der Waals surface area contributed by atoms with Crippen molar-refractivity contribution < 1.29 is 0 Å². The van der Waals surface area contributed by atoms with Crippen molar-refractivity contribution >= 4 is 5.95 Å². The molecule has 0 saturated heterocycles. The van der Waals surface area contributed by atoms with Gasteiger partial charge in [-0.2, -0.15) is 0 Å². The number of rotatable bonds is 0. The van der Waals surface area contributed by atoms with Crippen LogP contribution in [0.15, 0.2) is 4.79 Å². The van der Waals surface area contributed by atoms with Crippen LogP contribution in [0.4, 0.5) is 5.95 Å². The van der Waals surface area contributed by atoms with Gasteiger partial charge in [-0.1, -0.05) is 0 Å². The average molecular weight is 140 g/mol. The minimum absolute atomic E-state index is 0.123. The zero-order chi connectivity index (χ0) is 6.97. The summed E-state index contributed by atoms with van der Waals surface area (Å²) >= 11 is 0. The summed E-state index contributed by atoms with van der Waals surface area (Å²) in [5, 5.41) is 9.15. The van der Waals surface area contributed by atoms with E-state index in [0.717, 1.165) is 19.5 Å². The molecule has 54 valence electrons. The van der Waals surface area contributed by atoms with E-state index in [9.17, 15) is 4.79 Å². The van der Waals surface area contributed by atoms with Crippen LogP contribution in [0.25, 0.3) is 0 Å². The number of anilines is 1. The summed E-state index contributed by atoms with van der Waals surface area (Å²) in [7, 11) is 0. The van der Waals surface area contributed by atoms with Crippen LogP contribution in [-0.4, -0.2) is 21.3 Å². The summed E-state index contributed by atoms with van der Waals surface area (Å²) < 4.78 is 1.60. The lowest BCUT2D eigenvalue weighted by atomic mass is 10.4. The third-order valence-corrected chi connectivity index (χ3v) is 1.60. The molecule has 5 heteroatoms. The lowest BCUT2D eigenvalue weighted by Gasteiger charge is -2.12. The Morgan fingerprint density at radius 3 is 3.30 bits per heavy atom. The number of nitrogens with one attached hydrogen (secondary N) is 2. The quantitative estimate of drug-likeness (QED) is 0.505. The minimum Gasteiger partial charge on any atom is -0.354 e. The maximum Gasteiger partial charge on any atom is 0.344 e. The van der Waals surface area contributed by atoms with Crippen LogP contribution in [0.1, 0.15) is 6.42 Å². The van der Waals surface area contributed by atoms with E-state index < -0.39 is 0 Å². The van der Waals surface area contributed by atoms with Gasteiger partial charge in [0.2, 0.25) is 5.95 Å². The van der Waals surface area contributed by atoms with Gasteiger partial charge < -0.3 is 5.32 Å². The molecule has 0 aliphatic carbocycles. The standard InChI is InChI=1S/C5H8N4O/c10-5-8-7-4-6-2-1-3-9(4)5/h1-3H2,(H,6,7)(H,8,10). The molecule has 0 unspecified atom stereocenters. The number of aromatic nitrogens is 3. The zero-order valence-electron chi connectivity index (χ0n) is 5.42. The van der Waals surface area contributed by atoms with Gasteiger partial charge in [-0.15, -0.1) is 5.10 Å². The first-order chi connectivity index (χ1) is 4.88. The molecule has 0 aromatic carbocycles. The summed E-state index contributed by atoms with van der Waals surface area (Å²) in [5.41, 5.74) is -0.123. The van der Waals surface area contributed by atoms with Crippen molar-refractivity contribution in [3.05, 3.63) is 10.5 Å². The van der Waals surface area contributed by atoms with E-state index >= 15 is 0 Å². The highest BCUT2D eigenvalue weighted by atomic mass is 16.1. The van der Waals surface area contributed by atoms with Crippen molar-refractivity contribution in [1.29, 1.82) is 0 Å². The maximum atomic E-state index is 10.9. The van der Waals surface area contributed by atoms with Gasteiger partial charge in [0.05, 0.1) is 0 Å². The lowest BCUT2D eigenvalue weighted by Crippen LogP contribution is -2.24. The molecule has 10 heavy (non-hydrogen) atoms. The molecule has 1 aliphatic heterocycles. The summed E-state index contributed by atoms with van der Waals surface area (Å²) in [5.74, 6) is 0.663. The normalized spacial score (nSPS) is 16.0. The fraction of sp³-hybridized carbons (Fsp3) is 0.600. The van der Waals surface area contributed by atoms with Crippen LogP contribution in [0.3, 0.4) is 0 Å². The molecular weight excluding hydrogens is 132 g/mol. The van der Waals surface area contributed by atoms with Gasteiger partial charge in [0.1, 0.15) is 0 Å². The Kier molecular flexibility index (Phi) is 1.03. The monoisotopic (exact) mass is 140 g/mol. The number of hydrogen-bond donors (Lipinski definition) is 2. The molecule has 0 fully saturated rings. The van der Waals surface area contributed by atoms with Gasteiger partial charge in [0.15, 0.2) is 0 Å². The first kappa shape index (κ1) is 5.52. The molecule has 1 aromatic rings. The van der Waals surface area contributed by atoms with Crippen molar-refractivity contribution in [3.63, 3.8) is 0 Å². The molecule has 1 aliphatic rings. The van der Waals surface area contributed by atoms with E-state index in [1.165, 1.54) is 0 Å². The predicted octanol–water partition coefficient (Wildman–Crippen LogP) is -0.613. The predicted molar refractivity (Wildman–Crippen MR) is 36.0 cm³/mol. The van der Waals surface area contributed by atoms with Crippen molar-refractivity contribution in [2.24, 2.45) is 0 Å². The van der Waals surface area contributed by atoms with E-state index in [4.69, 9.17) is 0 Å². The second-order valence-corrected chi connectivity index (χ2v) is 2.28. The summed E-state index contributed by atoms with van der Waals surface area (Å²) in [4.78, 5) is 10.9. The molecule has 0 bridgehead atoms. The molecule has 2 rings (SSSR count). The van der Waals surface area contributed by atoms with Crippen LogP contribution < -0.4 is 11.0 Å². The fourth-order valence-electron chi connectivity index (χ4n) is 1.10. The van der Waals surface area contributed by atoms with Gasteiger partial charge in [0, 0.05) is 13.1 Å². The second-order valence-electron chi connectivity index (χ2n) is 2.28. The molecule has 0 atom stereocenters. The Morgan fingerprint density at radius 2 is 2.50 bits per heavy atom. The van der Waals surface area contributed by atoms with Crippen molar-refractivity contribution in [3.8, 4) is 0 Å². The molecule has 5 nitrogen and oxygen atoms in total. The van der Waals surface area contributed by atoms with Crippen LogP contribution in [0.5, 0.6) is 0 Å². The molecule has 0 radical (unpaired) electrons. The fourth-order valence-corrected chi connectivity index (χ4v) is 1.10. The highest BCUT2D eigenvalue weighted by Crippen LogP contribution is 2.04. The van der Waals surface area contributed by atoms with Crippen molar-refractivity contribution in [1.82, 2.24) is 14.8 Å². The Labute approximate surface area is 57.1 Å². The van der Waals surface area contributed by atoms with E-state index in [-0.39, 0.29) is 5.69 Å². The van der Waals surface area contributed by atoms with Gasteiger partial charge in [0.25, 0.3) is 0 Å². The number of H-pyrrole nitrogens is 1. The van der Waals surface area contributed by atoms with Crippen molar-refractivity contribution in [2.45, 2.75) is 13.0 Å². The number of aromatic amines is 1. The largest absolute Gasteiger partial charge is 0.354 e. The third-order valence-electron chi connectivity index (χ3n) is 1.60. The maximum absolute atomic E-state index is 10.9. The highest BCUT2D eigenvalue weighted by Gasteiger charge is 2.10. The second kappa shape index (κ2) is 1.86. The Morgan fingerprint density at radius 1 is 1.60 bits per heavy atom. The Bertz CT molecular complexity index is 286. The molecular formula is C5H8N4O. The average Bonchev–Trinajstić information content (AvgIpc) is 2.34. The van der Waals surface area contributed by atoms with E-state index in [2.05, 4.69) is 15.5 Å². The third kappa shape index (κ3) is 0.632. The van der Waals surface area contributed by atoms with Crippen LogP contribution in [0, 0.1) is 0 Å². The minimum atomic E-state index is -0.123. The topological polar surface area (TPSA) is 62.7 Å². The Hall–Kier alpha value is -1.26. The van der Waals surface area contributed by atoms with Crippen LogP contribution in [0.2, 0.25) is 0 Å². The van der Waals surface area contributed by atoms with Crippen molar-refractivity contribution in [2.75, 3.05) is 11.9 Å². The SMILES string of the molecule is O=c1[nH]nc2n1CCCN2. The number of hydrogen-bond acceptors (Lipinski definition) is 3. The first-order valence-corrected chi connectivity index (χ1v) is 3.27. The molecule has 2 heterocycles. The van der Waals surface area contributed by atoms with Gasteiger partial charge in [-0.25, -0.2) is 9.89 Å². The van der Waals surface area contributed by atoms with E-state index in [1.807, 2.05) is 0 Å². The molecule has 2 N–H and O–H groups in total. The summed E-state index contributed by atoms with van der Waals surface area (Å²) in [6, 6.07) is 0. The zero-order valence-corrected chi connectivity index (χ0v) is 5.42. The smallest absolute Gasteiger partial charge is 0.344 e. The molecule has 1 aromatic heterocycles. The van der Waals surface area contributed by atoms with E-state index in [0.29, 0.717) is 5.95 Å². The Balaban J connectivity index is 2.55. The summed E-state index contributed by atoms with van der Waals surface area (Å²) in [6.45, 7) is 1.68. The highest BCUT2D eigenvalue weighted by molar-refractivity contribution is 5.24. The molecule has 0 saturated carbocycles. The lowest BCUT2D eigenvalue weighted by molar-refractivity contribution is 0.610. The summed E-state index contributed by atoms with van der Waals surface area (Å²) in [6.07, 6.45) is 0.992. The number of nitrogens with zero attached hydrogens (tertiary/aromatic N) is 2. The van der Waals surface area contributed by atoms with Crippen LogP contribution in [-0.2, 0) is 6.54 Å². The first-order valence-electron chi connectivity index (χ1n) is 3.27. The van der Waals surface area contributed by atoms with E-state index in [1.54, 1.807) is 4.57 Å². The molecule has 0 spiro atoms. The van der Waals surface area contributed by atoms with Gasteiger partial charge in [-0.05, 0) is 6.42 Å². The number of fused-ring (bicyclic) bond motifs is 1. The van der Waals surface area contributed by atoms with Gasteiger partial charge >= 0.3 is 5.69 Å². The van der Waals surface area contributed by atoms with Gasteiger partial charge in [-0.3, -0.25) is 4.57 Å². The van der Waals surface area contributed by atoms with Crippen LogP contribution >= 0.6 is 0 Å². The molecule has 0 amide bonds.